The minimum Gasteiger partial charge on any atom is -0.432 e. The number of aliphatic hydroxyl groups is 1. The normalized spacial score (nSPS) is 20.9. The molecule has 0 saturated carbocycles. The van der Waals surface area contributed by atoms with Crippen molar-refractivity contribution in [2.75, 3.05) is 23.4 Å². The van der Waals surface area contributed by atoms with Gasteiger partial charge in [-0.05, 0) is 54.6 Å². The number of hydrogen-bond donors (Lipinski definition) is 3. The number of carbonyl (C=O) groups is 3. The van der Waals surface area contributed by atoms with E-state index in [0.717, 1.165) is 11.1 Å². The number of nitro benzene ring substituents is 1. The van der Waals surface area contributed by atoms with Crippen molar-refractivity contribution in [3.63, 3.8) is 0 Å². The highest BCUT2D eigenvalue weighted by atomic mass is 28.4. The first-order chi connectivity index (χ1) is 24.8. The maximum Gasteiger partial charge on any atom is 0.269 e. The second kappa shape index (κ2) is 14.8. The number of nitro groups is 1. The smallest absolute Gasteiger partial charge is 0.269 e. The number of nitrogens with zero attached hydrogens (tertiary/aromatic N) is 3. The quantitative estimate of drug-likeness (QED) is 0.0967. The van der Waals surface area contributed by atoms with Crippen LogP contribution in [0.4, 0.5) is 17.1 Å². The number of ether oxygens (including phenoxy) is 1. The summed E-state index contributed by atoms with van der Waals surface area (Å²) in [5.74, 6) is -1.65. The zero-order chi connectivity index (χ0) is 37.2. The van der Waals surface area contributed by atoms with Crippen LogP contribution in [0, 0.1) is 16.0 Å². The van der Waals surface area contributed by atoms with Crippen molar-refractivity contribution in [3.05, 3.63) is 135 Å². The number of amides is 3. The van der Waals surface area contributed by atoms with Crippen LogP contribution < -0.4 is 10.2 Å². The summed E-state index contributed by atoms with van der Waals surface area (Å²) >= 11 is 0. The van der Waals surface area contributed by atoms with Crippen molar-refractivity contribution in [1.29, 1.82) is 0 Å². The van der Waals surface area contributed by atoms with Gasteiger partial charge in [-0.1, -0.05) is 67.6 Å². The van der Waals surface area contributed by atoms with Gasteiger partial charge in [0.15, 0.2) is 13.9 Å². The molecular formula is C39H42N4O8Si. The summed E-state index contributed by atoms with van der Waals surface area (Å²) in [6.07, 6.45) is -1.04. The van der Waals surface area contributed by atoms with Gasteiger partial charge in [0.05, 0.1) is 36.3 Å². The van der Waals surface area contributed by atoms with E-state index in [1.54, 1.807) is 67.7 Å². The van der Waals surface area contributed by atoms with E-state index in [9.17, 15) is 34.4 Å². The predicted octanol–water partition coefficient (Wildman–Crippen LogP) is 5.60. The van der Waals surface area contributed by atoms with Crippen LogP contribution in [0.25, 0.3) is 0 Å². The zero-order valence-corrected chi connectivity index (χ0v) is 30.3. The average Bonchev–Trinajstić information content (AvgIpc) is 3.55. The lowest BCUT2D eigenvalue weighted by Crippen LogP contribution is -2.46. The van der Waals surface area contributed by atoms with E-state index in [1.807, 2.05) is 43.3 Å². The molecule has 0 aliphatic carbocycles. The Hall–Kier alpha value is -5.21. The number of rotatable bonds is 12. The first-order valence-corrected chi connectivity index (χ1v) is 20.2. The van der Waals surface area contributed by atoms with E-state index in [0.29, 0.717) is 22.5 Å². The number of non-ortho nitro benzene ring substituents is 1. The highest BCUT2D eigenvalue weighted by Crippen LogP contribution is 2.60. The Morgan fingerprint density at radius 1 is 0.981 bits per heavy atom. The van der Waals surface area contributed by atoms with Crippen LogP contribution in [-0.4, -0.2) is 65.0 Å². The van der Waals surface area contributed by atoms with Gasteiger partial charge in [0.1, 0.15) is 0 Å². The largest absolute Gasteiger partial charge is 0.432 e. The highest BCUT2D eigenvalue weighted by Gasteiger charge is 2.66. The van der Waals surface area contributed by atoms with Gasteiger partial charge >= 0.3 is 0 Å². The van der Waals surface area contributed by atoms with Gasteiger partial charge in [-0.2, -0.15) is 0 Å². The summed E-state index contributed by atoms with van der Waals surface area (Å²) in [7, 11) is -3.15. The van der Waals surface area contributed by atoms with Crippen LogP contribution in [0.3, 0.4) is 0 Å². The summed E-state index contributed by atoms with van der Waals surface area (Å²) in [5, 5.41) is 24.7. The fraction of sp³-hybridized carbons (Fsp3) is 0.308. The molecule has 13 heteroatoms. The number of fused-ring (bicyclic) bond motifs is 2. The van der Waals surface area contributed by atoms with E-state index >= 15 is 0 Å². The van der Waals surface area contributed by atoms with Crippen molar-refractivity contribution >= 4 is 43.1 Å². The van der Waals surface area contributed by atoms with Gasteiger partial charge in [-0.15, -0.1) is 0 Å². The fourth-order valence-corrected chi connectivity index (χ4v) is 10.3. The Balaban J connectivity index is 1.31. The molecule has 0 aromatic heterocycles. The molecule has 2 heterocycles. The molecule has 3 amide bonds. The monoisotopic (exact) mass is 722 g/mol. The molecule has 12 nitrogen and oxygen atoms in total. The first kappa shape index (κ1) is 36.6. The third-order valence-corrected chi connectivity index (χ3v) is 12.6. The molecule has 0 radical (unpaired) electrons. The summed E-state index contributed by atoms with van der Waals surface area (Å²) in [6, 6.07) is 29.5. The second-order valence-corrected chi connectivity index (χ2v) is 17.9. The third kappa shape index (κ3) is 7.12. The molecule has 4 atom stereocenters. The summed E-state index contributed by atoms with van der Waals surface area (Å²) in [5.41, 5.74) is 0.957. The van der Waals surface area contributed by atoms with Crippen molar-refractivity contribution < 1.29 is 33.9 Å². The Bertz CT molecular complexity index is 1950. The minimum atomic E-state index is -3.15. The van der Waals surface area contributed by atoms with Gasteiger partial charge in [-0.3, -0.25) is 24.5 Å². The van der Waals surface area contributed by atoms with Gasteiger partial charge in [0.25, 0.3) is 17.5 Å². The van der Waals surface area contributed by atoms with Crippen molar-refractivity contribution in [1.82, 2.24) is 4.90 Å². The van der Waals surface area contributed by atoms with Gasteiger partial charge in [0, 0.05) is 53.5 Å². The van der Waals surface area contributed by atoms with Crippen molar-refractivity contribution in [3.8, 4) is 0 Å². The first-order valence-electron chi connectivity index (χ1n) is 17.2. The lowest BCUT2D eigenvalue weighted by molar-refractivity contribution is -0.385. The molecule has 52 heavy (non-hydrogen) atoms. The van der Waals surface area contributed by atoms with E-state index in [1.165, 1.54) is 21.9 Å². The van der Waals surface area contributed by atoms with Crippen molar-refractivity contribution in [2.45, 2.75) is 56.8 Å². The zero-order valence-electron chi connectivity index (χ0n) is 29.3. The Kier molecular flexibility index (Phi) is 10.4. The van der Waals surface area contributed by atoms with Crippen LogP contribution in [0.2, 0.25) is 18.6 Å². The molecule has 2 aliphatic heterocycles. The van der Waals surface area contributed by atoms with Gasteiger partial charge < -0.3 is 29.8 Å². The Morgan fingerprint density at radius 3 is 2.25 bits per heavy atom. The fourth-order valence-electron chi connectivity index (χ4n) is 7.72. The van der Waals surface area contributed by atoms with E-state index in [4.69, 9.17) is 4.74 Å². The lowest BCUT2D eigenvalue weighted by Gasteiger charge is -2.32. The molecule has 270 valence electrons. The van der Waals surface area contributed by atoms with Crippen LogP contribution >= 0.6 is 0 Å². The molecule has 3 N–H and O–H groups in total. The number of anilines is 2. The number of aliphatic hydroxyl groups excluding tert-OH is 1. The standard InChI is InChI=1S/C39H42N4O8Si/c1-26-36(52(2,3)50)34(23-35(45)41(20-21-44)24-27-10-6-4-7-11-27)51-39(26)32-22-31(43(48)49)18-19-33(32)42(38(39)47)25-28-14-16-30(17-15-28)40-37(46)29-12-8-5-9-13-29/h4-19,22,26,34,36,44,50H,20-21,23-25H2,1-3H3,(H,40,46)/t26-,34+,36-,39+/m0/s1. The molecule has 4 aromatic rings. The molecule has 0 bridgehead atoms. The minimum absolute atomic E-state index is 0.0855. The molecule has 2 aliphatic rings. The van der Waals surface area contributed by atoms with E-state index in [-0.39, 0.29) is 50.2 Å². The molecule has 1 fully saturated rings. The van der Waals surface area contributed by atoms with Crippen LogP contribution in [0.1, 0.15) is 40.4 Å². The summed E-state index contributed by atoms with van der Waals surface area (Å²) in [6.45, 7) is 5.49. The predicted molar refractivity (Wildman–Crippen MR) is 198 cm³/mol. The summed E-state index contributed by atoms with van der Waals surface area (Å²) in [4.78, 5) is 67.6. The van der Waals surface area contributed by atoms with Crippen LogP contribution in [0.15, 0.2) is 103 Å². The molecule has 4 aromatic carbocycles. The van der Waals surface area contributed by atoms with Gasteiger partial charge in [-0.25, -0.2) is 0 Å². The molecule has 0 unspecified atom stereocenters. The molecule has 1 saturated heterocycles. The van der Waals surface area contributed by atoms with Gasteiger partial charge in [0.2, 0.25) is 5.91 Å². The number of nitrogens with one attached hydrogen (secondary N) is 1. The topological polar surface area (TPSA) is 163 Å². The molecular weight excluding hydrogens is 681 g/mol. The number of hydrogen-bond acceptors (Lipinski definition) is 8. The Morgan fingerprint density at radius 2 is 1.63 bits per heavy atom. The molecule has 1 spiro atoms. The maximum atomic E-state index is 14.8. The molecule has 6 rings (SSSR count). The van der Waals surface area contributed by atoms with E-state index < -0.39 is 42.3 Å². The van der Waals surface area contributed by atoms with Crippen LogP contribution in [-0.2, 0) is 33.0 Å². The SMILES string of the molecule is C[C@H]1[C@H]([Si](C)(C)O)[C@@H](CC(=O)N(CCO)Cc2ccccc2)O[C@]12C(=O)N(Cc1ccc(NC(=O)c3ccccc3)cc1)c1ccc([N+](=O)[O-])cc12. The Labute approximate surface area is 302 Å². The van der Waals surface area contributed by atoms with Crippen LogP contribution in [0.5, 0.6) is 0 Å². The number of benzene rings is 4. The third-order valence-electron chi connectivity index (χ3n) is 10.1. The van der Waals surface area contributed by atoms with Crippen molar-refractivity contribution in [2.24, 2.45) is 5.92 Å². The maximum absolute atomic E-state index is 14.8. The highest BCUT2D eigenvalue weighted by molar-refractivity contribution is 6.71. The number of carbonyl (C=O) groups excluding carboxylic acids is 3. The average molecular weight is 723 g/mol. The lowest BCUT2D eigenvalue weighted by atomic mass is 9.82. The van der Waals surface area contributed by atoms with E-state index in [2.05, 4.69) is 5.32 Å². The second-order valence-electron chi connectivity index (χ2n) is 14.0. The summed E-state index contributed by atoms with van der Waals surface area (Å²) < 4.78 is 6.76.